The highest BCUT2D eigenvalue weighted by atomic mass is 16.6. The first-order valence-electron chi connectivity index (χ1n) is 12.8. The molecule has 0 bridgehead atoms. The maximum absolute atomic E-state index is 13.7. The summed E-state index contributed by atoms with van der Waals surface area (Å²) in [4.78, 5) is 54.9. The Morgan fingerprint density at radius 3 is 2.38 bits per heavy atom. The van der Waals surface area contributed by atoms with Crippen LogP contribution in [0.2, 0.25) is 0 Å². The minimum Gasteiger partial charge on any atom is -0.499 e. The van der Waals surface area contributed by atoms with Crippen molar-refractivity contribution in [2.45, 2.75) is 71.6 Å². The molecule has 0 radical (unpaired) electrons. The number of rotatable bonds is 7. The van der Waals surface area contributed by atoms with Gasteiger partial charge >= 0.3 is 12.1 Å². The Kier molecular flexibility index (Phi) is 8.99. The molecule has 9 heteroatoms. The van der Waals surface area contributed by atoms with Crippen molar-refractivity contribution in [1.29, 1.82) is 0 Å². The molecular weight excluding hydrogens is 476 g/mol. The van der Waals surface area contributed by atoms with Crippen LogP contribution in [0.3, 0.4) is 0 Å². The lowest BCUT2D eigenvalue weighted by Gasteiger charge is -2.34. The summed E-state index contributed by atoms with van der Waals surface area (Å²) < 4.78 is 16.6. The number of ether oxygens (including phenoxy) is 3. The van der Waals surface area contributed by atoms with Crippen LogP contribution in [-0.2, 0) is 35.0 Å². The molecule has 0 saturated carbocycles. The molecule has 1 fully saturated rings. The summed E-state index contributed by atoms with van der Waals surface area (Å²) in [7, 11) is 1.46. The Labute approximate surface area is 218 Å². The Bertz CT molecular complexity index is 1030. The van der Waals surface area contributed by atoms with Crippen LogP contribution in [0.4, 0.5) is 4.79 Å². The topological polar surface area (TPSA) is 102 Å². The summed E-state index contributed by atoms with van der Waals surface area (Å²) in [6.07, 6.45) is 1.20. The smallest absolute Gasteiger partial charge is 0.410 e. The highest BCUT2D eigenvalue weighted by molar-refractivity contribution is 6.06. The molecule has 3 amide bonds. The van der Waals surface area contributed by atoms with Crippen LogP contribution in [0.1, 0.15) is 53.0 Å². The third-order valence-electron chi connectivity index (χ3n) is 6.39. The molecule has 3 unspecified atom stereocenters. The van der Waals surface area contributed by atoms with Crippen LogP contribution in [0.25, 0.3) is 0 Å². The Balaban J connectivity index is 1.73. The van der Waals surface area contributed by atoms with Crippen molar-refractivity contribution in [3.05, 3.63) is 47.7 Å². The van der Waals surface area contributed by atoms with E-state index >= 15 is 0 Å². The van der Waals surface area contributed by atoms with Gasteiger partial charge in [0.15, 0.2) is 6.10 Å². The first-order chi connectivity index (χ1) is 17.4. The predicted molar refractivity (Wildman–Crippen MR) is 136 cm³/mol. The van der Waals surface area contributed by atoms with E-state index in [2.05, 4.69) is 0 Å². The zero-order chi connectivity index (χ0) is 27.3. The number of amides is 3. The number of nitrogens with zero attached hydrogens (tertiary/aromatic N) is 2. The molecule has 0 aromatic heterocycles. The van der Waals surface area contributed by atoms with Gasteiger partial charge in [-0.25, -0.2) is 4.79 Å². The van der Waals surface area contributed by atoms with Crippen LogP contribution < -0.4 is 0 Å². The normalized spacial score (nSPS) is 20.9. The largest absolute Gasteiger partial charge is 0.499 e. The Morgan fingerprint density at radius 2 is 1.78 bits per heavy atom. The van der Waals surface area contributed by atoms with Gasteiger partial charge < -0.3 is 19.1 Å². The molecule has 2 aliphatic heterocycles. The fourth-order valence-electron chi connectivity index (χ4n) is 4.55. The molecule has 37 heavy (non-hydrogen) atoms. The van der Waals surface area contributed by atoms with Gasteiger partial charge in [-0.15, -0.1) is 0 Å². The fourth-order valence-corrected chi connectivity index (χ4v) is 4.55. The highest BCUT2D eigenvalue weighted by Gasteiger charge is 2.44. The summed E-state index contributed by atoms with van der Waals surface area (Å²) >= 11 is 0. The molecule has 2 heterocycles. The fraction of sp³-hybridized carbons (Fsp3) is 0.571. The predicted octanol–water partition coefficient (Wildman–Crippen LogP) is 3.71. The summed E-state index contributed by atoms with van der Waals surface area (Å²) in [6.45, 7) is 9.53. The average molecular weight is 515 g/mol. The van der Waals surface area contributed by atoms with E-state index in [0.29, 0.717) is 31.6 Å². The van der Waals surface area contributed by atoms with Crippen LogP contribution in [-0.4, -0.2) is 71.6 Å². The first-order valence-corrected chi connectivity index (χ1v) is 12.8. The van der Waals surface area contributed by atoms with Gasteiger partial charge in [0.2, 0.25) is 0 Å². The van der Waals surface area contributed by atoms with E-state index in [0.717, 1.165) is 10.5 Å². The van der Waals surface area contributed by atoms with E-state index in [-0.39, 0.29) is 12.5 Å². The number of likely N-dealkylation sites (tertiary alicyclic amines) is 1. The zero-order valence-electron chi connectivity index (χ0n) is 22.6. The van der Waals surface area contributed by atoms with Gasteiger partial charge in [0.1, 0.15) is 17.4 Å². The average Bonchev–Trinajstić information content (AvgIpc) is 3.16. The first kappa shape index (κ1) is 28.2. The second kappa shape index (κ2) is 11.8. The molecule has 1 aromatic carbocycles. The molecule has 1 aromatic rings. The lowest BCUT2D eigenvalue weighted by Crippen LogP contribution is -2.51. The van der Waals surface area contributed by atoms with Gasteiger partial charge in [-0.1, -0.05) is 44.2 Å². The molecule has 1 saturated heterocycles. The van der Waals surface area contributed by atoms with E-state index in [1.54, 1.807) is 34.6 Å². The van der Waals surface area contributed by atoms with Crippen molar-refractivity contribution < 1.29 is 33.4 Å². The van der Waals surface area contributed by atoms with E-state index in [4.69, 9.17) is 14.2 Å². The lowest BCUT2D eigenvalue weighted by molar-refractivity contribution is -0.170. The van der Waals surface area contributed by atoms with Gasteiger partial charge in [-0.05, 0) is 45.1 Å². The van der Waals surface area contributed by atoms with E-state index < -0.39 is 47.5 Å². The summed E-state index contributed by atoms with van der Waals surface area (Å²) in [6, 6.07) is 8.86. The highest BCUT2D eigenvalue weighted by Crippen LogP contribution is 2.28. The number of benzene rings is 1. The molecule has 0 aliphatic carbocycles. The van der Waals surface area contributed by atoms with Crippen LogP contribution in [0, 0.1) is 11.8 Å². The molecule has 3 rings (SSSR count). The molecule has 0 N–H and O–H groups in total. The van der Waals surface area contributed by atoms with Crippen LogP contribution in [0.5, 0.6) is 0 Å². The number of carbonyl (C=O) groups is 4. The van der Waals surface area contributed by atoms with Crippen molar-refractivity contribution in [3.8, 4) is 0 Å². The number of hydrogen-bond acceptors (Lipinski definition) is 7. The molecule has 0 spiro atoms. The van der Waals surface area contributed by atoms with Gasteiger partial charge in [0, 0.05) is 25.6 Å². The minimum atomic E-state index is -1.16. The van der Waals surface area contributed by atoms with Crippen molar-refractivity contribution in [2.24, 2.45) is 11.8 Å². The van der Waals surface area contributed by atoms with Gasteiger partial charge in [0.25, 0.3) is 11.8 Å². The molecule has 2 aliphatic rings. The maximum Gasteiger partial charge on any atom is 0.410 e. The van der Waals surface area contributed by atoms with Crippen LogP contribution in [0.15, 0.2) is 42.2 Å². The quantitative estimate of drug-likeness (QED) is 0.511. The zero-order valence-corrected chi connectivity index (χ0v) is 22.6. The summed E-state index contributed by atoms with van der Waals surface area (Å²) in [5, 5.41) is 0. The molecule has 9 nitrogen and oxygen atoms in total. The van der Waals surface area contributed by atoms with Crippen molar-refractivity contribution >= 4 is 23.9 Å². The molecule has 3 atom stereocenters. The van der Waals surface area contributed by atoms with Crippen molar-refractivity contribution in [1.82, 2.24) is 9.80 Å². The van der Waals surface area contributed by atoms with Crippen molar-refractivity contribution in [3.63, 3.8) is 0 Å². The van der Waals surface area contributed by atoms with Crippen molar-refractivity contribution in [2.75, 3.05) is 20.2 Å². The van der Waals surface area contributed by atoms with Gasteiger partial charge in [-0.3, -0.25) is 19.3 Å². The number of hydrogen-bond donors (Lipinski definition) is 0. The Hall–Kier alpha value is -3.36. The Morgan fingerprint density at radius 1 is 1.11 bits per heavy atom. The van der Waals surface area contributed by atoms with E-state index in [1.165, 1.54) is 18.1 Å². The number of carbonyl (C=O) groups excluding carboxylic acids is 4. The minimum absolute atomic E-state index is 0.154. The van der Waals surface area contributed by atoms with Gasteiger partial charge in [0.05, 0.1) is 13.0 Å². The van der Waals surface area contributed by atoms with Gasteiger partial charge in [-0.2, -0.15) is 0 Å². The van der Waals surface area contributed by atoms with E-state index in [9.17, 15) is 19.2 Å². The monoisotopic (exact) mass is 514 g/mol. The SMILES string of the molecule is COC1=CC(=O)N(C(=O)C(OC(=O)C2CCCN(C(=O)OC(C)(C)C)C2)C(C)C)C1Cc1ccccc1. The third kappa shape index (κ3) is 7.11. The summed E-state index contributed by atoms with van der Waals surface area (Å²) in [5.41, 5.74) is 0.290. The number of piperidine rings is 1. The third-order valence-corrected chi connectivity index (χ3v) is 6.39. The molecule has 202 valence electrons. The van der Waals surface area contributed by atoms with Crippen LogP contribution >= 0.6 is 0 Å². The lowest BCUT2D eigenvalue weighted by atomic mass is 9.97. The number of esters is 1. The van der Waals surface area contributed by atoms with E-state index in [1.807, 2.05) is 30.3 Å². The maximum atomic E-state index is 13.7. The molecular formula is C28H38N2O7. The number of methoxy groups -OCH3 is 1. The second-order valence-electron chi connectivity index (χ2n) is 10.9. The summed E-state index contributed by atoms with van der Waals surface area (Å²) in [5.74, 6) is -2.23. The number of imide groups is 1. The standard InChI is InChI=1S/C28H38N2O7/c1-18(2)24(36-26(33)20-13-10-14-29(17-20)27(34)37-28(3,4)5)25(32)30-21(22(35-6)16-23(30)31)15-19-11-8-7-9-12-19/h7-9,11-12,16,18,20-21,24H,10,13-15,17H2,1-6H3. The second-order valence-corrected chi connectivity index (χ2v) is 10.9.